The quantitative estimate of drug-likeness (QED) is 0.859. The molecule has 1 saturated carbocycles. The van der Waals surface area contributed by atoms with Gasteiger partial charge in [-0.3, -0.25) is 9.59 Å². The van der Waals surface area contributed by atoms with Crippen LogP contribution in [-0.4, -0.2) is 26.5 Å². The van der Waals surface area contributed by atoms with Crippen LogP contribution in [0.3, 0.4) is 0 Å². The van der Waals surface area contributed by atoms with Crippen LogP contribution in [0.15, 0.2) is 53.4 Å². The number of nitrogens with one attached hydrogen (secondary N) is 2. The Morgan fingerprint density at radius 2 is 1.40 bits per heavy atom. The minimum Gasteiger partial charge on any atom is -0.326 e. The topological polar surface area (TPSA) is 92.3 Å². The molecule has 2 aromatic carbocycles. The van der Waals surface area contributed by atoms with E-state index in [1.807, 2.05) is 0 Å². The van der Waals surface area contributed by atoms with Gasteiger partial charge in [-0.1, -0.05) is 0 Å². The van der Waals surface area contributed by atoms with Crippen molar-refractivity contribution in [2.75, 3.05) is 16.9 Å². The fraction of sp³-hybridized carbons (Fsp3) is 0.222. The van der Waals surface area contributed by atoms with E-state index in [1.54, 1.807) is 24.3 Å². The van der Waals surface area contributed by atoms with Crippen molar-refractivity contribution < 1.29 is 18.0 Å². The van der Waals surface area contributed by atoms with Crippen molar-refractivity contribution >= 4 is 33.0 Å². The number of carbonyl (C=O) groups is 2. The summed E-state index contributed by atoms with van der Waals surface area (Å²) < 4.78 is 22.9. The summed E-state index contributed by atoms with van der Waals surface area (Å²) in [5.41, 5.74) is 1.63. The highest BCUT2D eigenvalue weighted by Gasteiger charge is 2.29. The third kappa shape index (κ3) is 4.45. The average Bonchev–Trinajstić information content (AvgIpc) is 3.41. The summed E-state index contributed by atoms with van der Waals surface area (Å²) >= 11 is 0. The van der Waals surface area contributed by atoms with Gasteiger partial charge in [0, 0.05) is 29.1 Å². The number of carbonyl (C=O) groups excluding carboxylic acids is 2. The van der Waals surface area contributed by atoms with E-state index in [0.29, 0.717) is 16.9 Å². The summed E-state index contributed by atoms with van der Waals surface area (Å²) in [6.45, 7) is 0. The number of hydrogen-bond acceptors (Lipinski definition) is 4. The molecule has 7 heteroatoms. The molecule has 3 rings (SSSR count). The lowest BCUT2D eigenvalue weighted by Gasteiger charge is -2.08. The van der Waals surface area contributed by atoms with Crippen LogP contribution < -0.4 is 10.6 Å². The van der Waals surface area contributed by atoms with Gasteiger partial charge in [-0.15, -0.1) is 0 Å². The number of anilines is 2. The SMILES string of the molecule is CS(=O)(=O)c1ccc(C(=O)Nc2ccc(NC(=O)C3CC3)cc2)cc1. The van der Waals surface area contributed by atoms with Crippen molar-refractivity contribution in [3.05, 3.63) is 54.1 Å². The third-order valence-corrected chi connectivity index (χ3v) is 5.03. The second kappa shape index (κ2) is 6.68. The van der Waals surface area contributed by atoms with Crippen molar-refractivity contribution in [2.45, 2.75) is 17.7 Å². The van der Waals surface area contributed by atoms with Crippen LogP contribution in [0.4, 0.5) is 11.4 Å². The molecule has 2 amide bonds. The minimum absolute atomic E-state index is 0.0303. The number of benzene rings is 2. The fourth-order valence-electron chi connectivity index (χ4n) is 2.28. The molecule has 0 radical (unpaired) electrons. The molecule has 0 unspecified atom stereocenters. The number of rotatable bonds is 5. The molecule has 2 aromatic rings. The van der Waals surface area contributed by atoms with Crippen molar-refractivity contribution in [1.29, 1.82) is 0 Å². The van der Waals surface area contributed by atoms with Crippen LogP contribution in [0.1, 0.15) is 23.2 Å². The highest BCUT2D eigenvalue weighted by atomic mass is 32.2. The molecular weight excluding hydrogens is 340 g/mol. The van der Waals surface area contributed by atoms with Crippen molar-refractivity contribution in [3.63, 3.8) is 0 Å². The van der Waals surface area contributed by atoms with Gasteiger partial charge in [0.15, 0.2) is 9.84 Å². The van der Waals surface area contributed by atoms with Gasteiger partial charge in [0.2, 0.25) is 5.91 Å². The van der Waals surface area contributed by atoms with E-state index in [1.165, 1.54) is 24.3 Å². The van der Waals surface area contributed by atoms with Gasteiger partial charge in [0.05, 0.1) is 4.90 Å². The van der Waals surface area contributed by atoms with Crippen LogP contribution in [0, 0.1) is 5.92 Å². The Hall–Kier alpha value is -2.67. The first-order valence-electron chi connectivity index (χ1n) is 7.85. The largest absolute Gasteiger partial charge is 0.326 e. The van der Waals surface area contributed by atoms with E-state index in [-0.39, 0.29) is 22.6 Å². The lowest BCUT2D eigenvalue weighted by Crippen LogP contribution is -2.14. The van der Waals surface area contributed by atoms with Gasteiger partial charge in [0.1, 0.15) is 0 Å². The monoisotopic (exact) mass is 358 g/mol. The fourth-order valence-corrected chi connectivity index (χ4v) is 2.91. The van der Waals surface area contributed by atoms with Crippen molar-refractivity contribution in [1.82, 2.24) is 0 Å². The summed E-state index contributed by atoms with van der Waals surface area (Å²) in [4.78, 5) is 24.1. The number of sulfone groups is 1. The van der Waals surface area contributed by atoms with Gasteiger partial charge in [-0.25, -0.2) is 8.42 Å². The smallest absolute Gasteiger partial charge is 0.255 e. The molecule has 0 heterocycles. The zero-order chi connectivity index (χ0) is 18.0. The third-order valence-electron chi connectivity index (χ3n) is 3.90. The van der Waals surface area contributed by atoms with Crippen LogP contribution in [-0.2, 0) is 14.6 Å². The minimum atomic E-state index is -3.29. The Labute approximate surface area is 146 Å². The van der Waals surface area contributed by atoms with E-state index in [0.717, 1.165) is 19.1 Å². The van der Waals surface area contributed by atoms with Crippen LogP contribution >= 0.6 is 0 Å². The van der Waals surface area contributed by atoms with Crippen molar-refractivity contribution in [3.8, 4) is 0 Å². The maximum atomic E-state index is 12.2. The molecule has 1 aliphatic rings. The van der Waals surface area contributed by atoms with E-state index < -0.39 is 9.84 Å². The predicted molar refractivity (Wildman–Crippen MR) is 95.3 cm³/mol. The Bertz CT molecular complexity index is 899. The van der Waals surface area contributed by atoms with Gasteiger partial charge >= 0.3 is 0 Å². The maximum Gasteiger partial charge on any atom is 0.255 e. The van der Waals surface area contributed by atoms with E-state index in [2.05, 4.69) is 10.6 Å². The lowest BCUT2D eigenvalue weighted by atomic mass is 10.2. The molecule has 0 bridgehead atoms. The predicted octanol–water partition coefficient (Wildman–Crippen LogP) is 2.69. The zero-order valence-electron chi connectivity index (χ0n) is 13.7. The molecule has 6 nitrogen and oxygen atoms in total. The highest BCUT2D eigenvalue weighted by Crippen LogP contribution is 2.30. The first-order valence-corrected chi connectivity index (χ1v) is 9.74. The summed E-state index contributed by atoms with van der Waals surface area (Å²) in [5.74, 6) is -0.174. The Balaban J connectivity index is 1.63. The Kier molecular flexibility index (Phi) is 4.59. The molecule has 0 spiro atoms. The normalized spacial score (nSPS) is 14.0. The average molecular weight is 358 g/mol. The lowest BCUT2D eigenvalue weighted by molar-refractivity contribution is -0.117. The van der Waals surface area contributed by atoms with Gasteiger partial charge in [0.25, 0.3) is 5.91 Å². The molecule has 130 valence electrons. The number of hydrogen-bond donors (Lipinski definition) is 2. The molecule has 0 saturated heterocycles. The molecule has 2 N–H and O–H groups in total. The second-order valence-corrected chi connectivity index (χ2v) is 8.11. The molecule has 0 aromatic heterocycles. The van der Waals surface area contributed by atoms with Crippen molar-refractivity contribution in [2.24, 2.45) is 5.92 Å². The molecule has 25 heavy (non-hydrogen) atoms. The van der Waals surface area contributed by atoms with Crippen LogP contribution in [0.25, 0.3) is 0 Å². The molecule has 1 fully saturated rings. The summed E-state index contributed by atoms with van der Waals surface area (Å²) in [5, 5.41) is 5.56. The molecule has 0 atom stereocenters. The standard InChI is InChI=1S/C18H18N2O4S/c1-25(23,24)16-10-4-13(5-11-16)18(22)20-15-8-6-14(7-9-15)19-17(21)12-2-3-12/h4-12H,2-3H2,1H3,(H,19,21)(H,20,22). The first-order chi connectivity index (χ1) is 11.8. The van der Waals surface area contributed by atoms with Gasteiger partial charge in [-0.05, 0) is 61.4 Å². The summed E-state index contributed by atoms with van der Waals surface area (Å²) in [6, 6.07) is 12.6. The summed E-state index contributed by atoms with van der Waals surface area (Å²) in [6.07, 6.45) is 3.00. The highest BCUT2D eigenvalue weighted by molar-refractivity contribution is 7.90. The molecule has 0 aliphatic heterocycles. The van der Waals surface area contributed by atoms with Crippen LogP contribution in [0.5, 0.6) is 0 Å². The summed E-state index contributed by atoms with van der Waals surface area (Å²) in [7, 11) is -3.29. The number of amides is 2. The van der Waals surface area contributed by atoms with Gasteiger partial charge < -0.3 is 10.6 Å². The van der Waals surface area contributed by atoms with E-state index >= 15 is 0 Å². The zero-order valence-corrected chi connectivity index (χ0v) is 14.5. The van der Waals surface area contributed by atoms with Gasteiger partial charge in [-0.2, -0.15) is 0 Å². The Morgan fingerprint density at radius 1 is 0.880 bits per heavy atom. The first kappa shape index (κ1) is 17.2. The van der Waals surface area contributed by atoms with E-state index in [9.17, 15) is 18.0 Å². The molecular formula is C18H18N2O4S. The second-order valence-electron chi connectivity index (χ2n) is 6.09. The molecule has 1 aliphatic carbocycles. The maximum absolute atomic E-state index is 12.2. The van der Waals surface area contributed by atoms with E-state index in [4.69, 9.17) is 0 Å². The Morgan fingerprint density at radius 3 is 1.88 bits per heavy atom. The van der Waals surface area contributed by atoms with Crippen LogP contribution in [0.2, 0.25) is 0 Å².